The van der Waals surface area contributed by atoms with E-state index in [1.807, 2.05) is 12.3 Å². The Morgan fingerprint density at radius 3 is 3.17 bits per heavy atom. The minimum atomic E-state index is 1.01. The van der Waals surface area contributed by atoms with E-state index in [-0.39, 0.29) is 0 Å². The van der Waals surface area contributed by atoms with Crippen molar-refractivity contribution in [3.05, 3.63) is 40.5 Å². The number of nitrogens with zero attached hydrogens (tertiary/aromatic N) is 1. The highest BCUT2D eigenvalue weighted by molar-refractivity contribution is 5.45. The molecule has 0 fully saturated rings. The fraction of sp³-hybridized carbons (Fsp3) is 0.182. The van der Waals surface area contributed by atoms with Gasteiger partial charge in [-0.1, -0.05) is 29.9 Å². The maximum absolute atomic E-state index is 4.29. The molecule has 0 amide bonds. The van der Waals surface area contributed by atoms with Gasteiger partial charge in [-0.2, -0.15) is 0 Å². The van der Waals surface area contributed by atoms with Gasteiger partial charge in [0.1, 0.15) is 0 Å². The molecule has 0 radical (unpaired) electrons. The monoisotopic (exact) mass is 157 g/mol. The Morgan fingerprint density at radius 1 is 1.33 bits per heavy atom. The molecule has 0 saturated heterocycles. The van der Waals surface area contributed by atoms with Crippen LogP contribution < -0.4 is 10.6 Å². The number of fused-ring (bicyclic) bond motifs is 1. The average molecular weight is 157 g/mol. The standard InChI is InChI=1S/C11H11N/c1-9-4-6-10-3-2-8-12-11(10)7-5-9/h2-4,6-8H,5H2,1H3. The largest absolute Gasteiger partial charge is 0.257 e. The van der Waals surface area contributed by atoms with Gasteiger partial charge in [-0.3, -0.25) is 4.98 Å². The van der Waals surface area contributed by atoms with Crippen LogP contribution in [0.4, 0.5) is 0 Å². The number of aromatic nitrogens is 1. The molecule has 1 nitrogen and oxygen atoms in total. The Kier molecular flexibility index (Phi) is 1.78. The second kappa shape index (κ2) is 2.94. The van der Waals surface area contributed by atoms with Gasteiger partial charge in [0.15, 0.2) is 0 Å². The number of rotatable bonds is 0. The van der Waals surface area contributed by atoms with Crippen LogP contribution in [0.25, 0.3) is 12.2 Å². The predicted molar refractivity (Wildman–Crippen MR) is 50.8 cm³/mol. The normalized spacial score (nSPS) is 14.9. The van der Waals surface area contributed by atoms with E-state index >= 15 is 0 Å². The first-order valence-electron chi connectivity index (χ1n) is 4.15. The summed E-state index contributed by atoms with van der Waals surface area (Å²) < 4.78 is 0. The first-order chi connectivity index (χ1) is 5.86. The van der Waals surface area contributed by atoms with Crippen molar-refractivity contribution >= 4 is 12.2 Å². The molecule has 0 aliphatic heterocycles. The van der Waals surface area contributed by atoms with Crippen molar-refractivity contribution in [2.24, 2.45) is 0 Å². The van der Waals surface area contributed by atoms with Gasteiger partial charge in [-0.25, -0.2) is 0 Å². The Hall–Kier alpha value is -1.37. The number of hydrogen-bond donors (Lipinski definition) is 0. The second-order valence-electron chi connectivity index (χ2n) is 3.07. The molecular formula is C11H11N. The van der Waals surface area contributed by atoms with E-state index in [0.717, 1.165) is 11.8 Å². The maximum Gasteiger partial charge on any atom is 0.0665 e. The first kappa shape index (κ1) is 7.29. The summed E-state index contributed by atoms with van der Waals surface area (Å²) in [4.78, 5) is 4.29. The average Bonchev–Trinajstić information content (AvgIpc) is 2.29. The molecule has 0 aromatic carbocycles. The van der Waals surface area contributed by atoms with Crippen molar-refractivity contribution in [2.75, 3.05) is 0 Å². The molecule has 1 aliphatic carbocycles. The molecule has 2 rings (SSSR count). The zero-order valence-corrected chi connectivity index (χ0v) is 7.12. The minimum Gasteiger partial charge on any atom is -0.257 e. The Balaban J connectivity index is 2.72. The fourth-order valence-electron chi connectivity index (χ4n) is 1.30. The summed E-state index contributed by atoms with van der Waals surface area (Å²) in [6, 6.07) is 4.06. The van der Waals surface area contributed by atoms with Crippen LogP contribution in [0.2, 0.25) is 0 Å². The van der Waals surface area contributed by atoms with E-state index in [9.17, 15) is 0 Å². The molecule has 0 spiro atoms. The highest BCUT2D eigenvalue weighted by Gasteiger charge is 1.91. The number of allylic oxidation sites excluding steroid dienone is 2. The summed E-state index contributed by atoms with van der Waals surface area (Å²) in [5, 5.41) is 2.32. The first-order valence-corrected chi connectivity index (χ1v) is 4.15. The predicted octanol–water partition coefficient (Wildman–Crippen LogP) is 0.993. The lowest BCUT2D eigenvalue weighted by Crippen LogP contribution is -2.26. The fourth-order valence-corrected chi connectivity index (χ4v) is 1.30. The SMILES string of the molecule is CC1=CC=c2cccnc2=CC1. The highest BCUT2D eigenvalue weighted by Crippen LogP contribution is 2.01. The van der Waals surface area contributed by atoms with Gasteiger partial charge in [0.25, 0.3) is 0 Å². The molecule has 1 heterocycles. The summed E-state index contributed by atoms with van der Waals surface area (Å²) in [6.07, 6.45) is 9.31. The van der Waals surface area contributed by atoms with Crippen molar-refractivity contribution < 1.29 is 0 Å². The summed E-state index contributed by atoms with van der Waals surface area (Å²) in [5.41, 5.74) is 1.38. The van der Waals surface area contributed by atoms with Crippen LogP contribution in [0.3, 0.4) is 0 Å². The number of pyridine rings is 1. The third-order valence-electron chi connectivity index (χ3n) is 2.04. The van der Waals surface area contributed by atoms with Gasteiger partial charge < -0.3 is 0 Å². The lowest BCUT2D eigenvalue weighted by molar-refractivity contribution is 1.19. The van der Waals surface area contributed by atoms with E-state index < -0.39 is 0 Å². The van der Waals surface area contributed by atoms with E-state index in [1.54, 1.807) is 0 Å². The molecule has 1 aromatic heterocycles. The molecule has 60 valence electrons. The van der Waals surface area contributed by atoms with Crippen molar-refractivity contribution in [1.82, 2.24) is 4.98 Å². The van der Waals surface area contributed by atoms with Gasteiger partial charge in [-0.15, -0.1) is 0 Å². The van der Waals surface area contributed by atoms with Gasteiger partial charge in [0, 0.05) is 6.20 Å². The molecule has 1 aliphatic rings. The third-order valence-corrected chi connectivity index (χ3v) is 2.04. The quantitative estimate of drug-likeness (QED) is 0.547. The molecule has 1 heteroatoms. The van der Waals surface area contributed by atoms with Gasteiger partial charge in [0.05, 0.1) is 5.35 Å². The molecule has 0 bridgehead atoms. The summed E-state index contributed by atoms with van der Waals surface area (Å²) in [5.74, 6) is 0. The van der Waals surface area contributed by atoms with Gasteiger partial charge >= 0.3 is 0 Å². The molecule has 12 heavy (non-hydrogen) atoms. The third kappa shape index (κ3) is 1.30. The topological polar surface area (TPSA) is 12.9 Å². The molecule has 0 N–H and O–H groups in total. The van der Waals surface area contributed by atoms with Crippen molar-refractivity contribution in [1.29, 1.82) is 0 Å². The van der Waals surface area contributed by atoms with Crippen molar-refractivity contribution in [3.63, 3.8) is 0 Å². The van der Waals surface area contributed by atoms with Gasteiger partial charge in [-0.05, 0) is 24.6 Å². The van der Waals surface area contributed by atoms with E-state index in [1.165, 1.54) is 10.8 Å². The molecule has 1 aromatic rings. The van der Waals surface area contributed by atoms with Crippen LogP contribution in [0.5, 0.6) is 0 Å². The minimum absolute atomic E-state index is 1.01. The maximum atomic E-state index is 4.29. The van der Waals surface area contributed by atoms with Crippen LogP contribution in [0, 0.1) is 0 Å². The summed E-state index contributed by atoms with van der Waals surface area (Å²) in [7, 11) is 0. The smallest absolute Gasteiger partial charge is 0.0665 e. The molecular weight excluding hydrogens is 146 g/mol. The molecule has 0 atom stereocenters. The van der Waals surface area contributed by atoms with E-state index in [4.69, 9.17) is 0 Å². The van der Waals surface area contributed by atoms with Gasteiger partial charge in [0.2, 0.25) is 0 Å². The van der Waals surface area contributed by atoms with E-state index in [2.05, 4.69) is 36.2 Å². The zero-order chi connectivity index (χ0) is 8.39. The summed E-state index contributed by atoms with van der Waals surface area (Å²) in [6.45, 7) is 2.14. The van der Waals surface area contributed by atoms with E-state index in [0.29, 0.717) is 0 Å². The second-order valence-corrected chi connectivity index (χ2v) is 3.07. The summed E-state index contributed by atoms with van der Waals surface area (Å²) >= 11 is 0. The lowest BCUT2D eigenvalue weighted by Gasteiger charge is -1.88. The number of hydrogen-bond acceptors (Lipinski definition) is 1. The van der Waals surface area contributed by atoms with Crippen molar-refractivity contribution in [2.45, 2.75) is 13.3 Å². The molecule has 0 unspecified atom stereocenters. The van der Waals surface area contributed by atoms with Crippen molar-refractivity contribution in [3.8, 4) is 0 Å². The Morgan fingerprint density at radius 2 is 2.25 bits per heavy atom. The molecule has 0 saturated carbocycles. The lowest BCUT2D eigenvalue weighted by atomic mass is 10.2. The Labute approximate surface area is 71.8 Å². The van der Waals surface area contributed by atoms with Crippen LogP contribution >= 0.6 is 0 Å². The highest BCUT2D eigenvalue weighted by atomic mass is 14.6. The Bertz CT molecular complexity index is 427. The van der Waals surface area contributed by atoms with Crippen LogP contribution in [0.1, 0.15) is 13.3 Å². The van der Waals surface area contributed by atoms with Crippen LogP contribution in [0.15, 0.2) is 30.0 Å². The van der Waals surface area contributed by atoms with Crippen LogP contribution in [-0.2, 0) is 0 Å². The van der Waals surface area contributed by atoms with Crippen LogP contribution in [-0.4, -0.2) is 4.98 Å². The zero-order valence-electron chi connectivity index (χ0n) is 7.12.